The van der Waals surface area contributed by atoms with Gasteiger partial charge >= 0.3 is 214 Å². The highest BCUT2D eigenvalue weighted by molar-refractivity contribution is 7.88. The summed E-state index contributed by atoms with van der Waals surface area (Å²) in [5, 5.41) is -29.2. The van der Waals surface area contributed by atoms with Crippen LogP contribution in [0.5, 0.6) is 0 Å². The van der Waals surface area contributed by atoms with E-state index >= 15 is 0 Å². The minimum atomic E-state index is -8.46. The van der Waals surface area contributed by atoms with Gasteiger partial charge in [0, 0.05) is 0 Å². The molecule has 4 atom stereocenters. The fourth-order valence-corrected chi connectivity index (χ4v) is 5.03. The smallest absolute Gasteiger partial charge is 0.398 e. The fourth-order valence-electron chi connectivity index (χ4n) is 3.72. The quantitative estimate of drug-likeness (QED) is 0.0371. The highest BCUT2D eigenvalue weighted by Crippen LogP contribution is 2.60. The maximum absolute atomic E-state index is 13.9. The van der Waals surface area contributed by atoms with Crippen molar-refractivity contribution < 1.29 is 329 Å². The lowest BCUT2D eigenvalue weighted by molar-refractivity contribution is -0.562. The number of hydrogen-bond donors (Lipinski definition) is 0. The Morgan fingerprint density at radius 1 is 0.185 bits per heavy atom. The van der Waals surface area contributed by atoms with E-state index in [9.17, 15) is 286 Å². The normalized spacial score (nSPS) is 16.8. The van der Waals surface area contributed by atoms with Crippen LogP contribution in [0.1, 0.15) is 0 Å². The number of alkyl halides is 42. The number of hydrogen-bond acceptors (Lipinski definition) is 17. The summed E-state index contributed by atoms with van der Waals surface area (Å²) in [6.45, 7) is 0. The molecule has 0 rings (SSSR count). The van der Waals surface area contributed by atoms with Crippen molar-refractivity contribution in [1.29, 1.82) is 0 Å². The van der Waals surface area contributed by atoms with Crippen LogP contribution in [0.25, 0.3) is 0 Å². The molecule has 108 heavy (non-hydrogen) atoms. The molecule has 0 fully saturated rings. The lowest BCUT2D eigenvalue weighted by atomic mass is 10.2. The fraction of sp³-hybridized carbons (Fsp3) is 0.724. The monoisotopic (exact) mass is 1850 g/mol. The van der Waals surface area contributed by atoms with Crippen molar-refractivity contribution >= 4 is 40.9 Å². The first-order valence-electron chi connectivity index (χ1n) is 20.6. The van der Waals surface area contributed by atoms with Gasteiger partial charge in [-0.25, -0.2) is 4.74 Å². The molecule has 17 nitrogen and oxygen atoms in total. The molecule has 0 aliphatic rings. The molecule has 79 heteroatoms. The van der Waals surface area contributed by atoms with Crippen LogP contribution in [-0.4, -0.2) is 158 Å². The van der Waals surface area contributed by atoms with Crippen LogP contribution in [0.2, 0.25) is 0 Å². The summed E-state index contributed by atoms with van der Waals surface area (Å²) in [6.07, 6.45) is -115. The molecule has 0 aromatic rings. The zero-order chi connectivity index (χ0) is 89.5. The number of halogens is 58. The lowest BCUT2D eigenvalue weighted by Gasteiger charge is -2.41. The molecule has 0 aliphatic carbocycles. The van der Waals surface area contributed by atoms with Gasteiger partial charge in [0.05, 0.1) is 0 Å². The highest BCUT2D eigenvalue weighted by atomic mass is 32.3. The second kappa shape index (κ2) is 32.1. The molecule has 648 valence electrons. The topological polar surface area (TPSA) is 220 Å². The van der Waals surface area contributed by atoms with Crippen molar-refractivity contribution in [2.24, 2.45) is 0 Å². The Labute approximate surface area is 543 Å². The summed E-state index contributed by atoms with van der Waals surface area (Å²) in [4.78, 5) is 0. The maximum Gasteiger partial charge on any atom is 0.527 e. The van der Waals surface area contributed by atoms with E-state index in [1.54, 1.807) is 9.47 Å². The van der Waals surface area contributed by atoms with E-state index in [1.165, 1.54) is 18.9 Å². The van der Waals surface area contributed by atoms with Gasteiger partial charge in [-0.1, -0.05) is 15.5 Å². The molecule has 0 aliphatic heterocycles. The van der Waals surface area contributed by atoms with Crippen LogP contribution in [0.3, 0.4) is 0 Å². The molecule has 0 bridgehead atoms. The Balaban J connectivity index is -0.000000689. The van der Waals surface area contributed by atoms with E-state index in [1.807, 2.05) is 4.74 Å². The second-order valence-electron chi connectivity index (χ2n) is 15.8. The Bertz CT molecular complexity index is 3710. The van der Waals surface area contributed by atoms with Gasteiger partial charge in [0.25, 0.3) is 0 Å². The van der Waals surface area contributed by atoms with Gasteiger partial charge in [-0.05, 0) is 0 Å². The number of rotatable bonds is 30. The second-order valence-corrected chi connectivity index (χ2v) is 21.4. The number of ether oxygens (including phenoxy) is 9. The van der Waals surface area contributed by atoms with Crippen LogP contribution < -0.4 is 0 Å². The van der Waals surface area contributed by atoms with Crippen LogP contribution in [0.15, 0.2) is 48.4 Å². The molecule has 4 unspecified atom stereocenters. The molecule has 0 radical (unpaired) electrons. The van der Waals surface area contributed by atoms with Crippen molar-refractivity contribution in [3.8, 4) is 0 Å². The summed E-state index contributed by atoms with van der Waals surface area (Å²) in [6, 6.07) is -15.8. The minimum absolute atomic E-state index is 1.14. The molecule has 0 saturated heterocycles. The highest BCUT2D eigenvalue weighted by Gasteiger charge is 2.89. The minimum Gasteiger partial charge on any atom is -0.398 e. The standard InChI is InChI=1S/C10F20O5S.C8F16O5S.C7F14O4S.C4F8O3S/c11-1(12)2(13)33-7(22,23)3(14,5(16,17)18)34-8(24,25)4(15,6(19,20)21)35-9(26,27)10(28,29)36(30,31)32;9-1(10)2(11)27-4(13,14)3(12,5(15,16)29-8(21,22)23)28-6(17,18)7(19,20)30(24,25)26;8-1(9)2(10)24-5(15,16)3(11,4(12,13)14)25-6(17,18)7(19,20)26(21,22)23;5-1(6)2(7)15-3(8,9)4(10,11)16(12,13)14. The summed E-state index contributed by atoms with van der Waals surface area (Å²) in [5.41, 5.74) is 0. The average molecular weight is 1850 g/mol. The van der Waals surface area contributed by atoms with Crippen LogP contribution in [-0.2, 0) is 83.5 Å². The van der Waals surface area contributed by atoms with E-state index < -0.39 is 214 Å². The molecular formula is C29F58O17S4. The molecule has 0 aromatic carbocycles. The zero-order valence-electron chi connectivity index (χ0n) is 45.0. The first kappa shape index (κ1) is 108. The molecule has 0 spiro atoms. The predicted molar refractivity (Wildman–Crippen MR) is 195 cm³/mol. The van der Waals surface area contributed by atoms with Gasteiger partial charge in [-0.15, -0.1) is 13.2 Å². The van der Waals surface area contributed by atoms with Crippen molar-refractivity contribution in [2.45, 2.75) is 124 Å². The van der Waals surface area contributed by atoms with Gasteiger partial charge < -0.3 is 18.9 Å². The zero-order valence-corrected chi connectivity index (χ0v) is 48.3. The van der Waals surface area contributed by atoms with E-state index in [0.717, 1.165) is 4.74 Å². The van der Waals surface area contributed by atoms with Crippen molar-refractivity contribution in [3.63, 3.8) is 0 Å². The largest absolute Gasteiger partial charge is 0.527 e. The molecule has 0 N–H and O–H groups in total. The van der Waals surface area contributed by atoms with Crippen LogP contribution in [0.4, 0.5) is 253 Å². The molecule has 0 aromatic heterocycles. The first-order valence-corrected chi connectivity index (χ1v) is 26.2. The van der Waals surface area contributed by atoms with E-state index in [0.29, 0.717) is 0 Å². The summed E-state index contributed by atoms with van der Waals surface area (Å²) < 4.78 is 818. The van der Waals surface area contributed by atoms with Gasteiger partial charge in [0.1, 0.15) is 0 Å². The third-order valence-electron chi connectivity index (χ3n) is 8.33. The Morgan fingerprint density at radius 2 is 0.324 bits per heavy atom. The first-order chi connectivity index (χ1) is 45.8. The molecule has 0 amide bonds. The predicted octanol–water partition coefficient (Wildman–Crippen LogP) is 18.0. The van der Waals surface area contributed by atoms with Crippen molar-refractivity contribution in [1.82, 2.24) is 0 Å². The lowest BCUT2D eigenvalue weighted by Crippen LogP contribution is -2.69. The van der Waals surface area contributed by atoms with Gasteiger partial charge in [0.2, 0.25) is 0 Å². The average Bonchev–Trinajstić information content (AvgIpc) is 0.727. The Hall–Kier alpha value is -6.30. The van der Waals surface area contributed by atoms with E-state index in [4.69, 9.17) is 0 Å². The SMILES string of the molecule is O=S(=O)(F)C(F)(F)C(F)(F)OC(F)(C(F)(F)F)C(F)(F)OC(F)(C(F)(F)F)C(F)(F)OC(F)=C(F)F.O=S(=O)(F)C(F)(F)C(F)(F)OC(F)(C(F)(F)F)C(F)(F)OC(F)=C(F)F.O=S(=O)(F)C(F)(F)C(F)(F)OC(F)(C(F)(F)OC(F)=C(F)F)C(F)(F)OC(F)(F)F.O=S(=O)(F)C(F)(F)C(F)(F)OC(F)=C(F)F. The van der Waals surface area contributed by atoms with Crippen molar-refractivity contribution in [3.05, 3.63) is 48.4 Å². The van der Waals surface area contributed by atoms with Crippen LogP contribution >= 0.6 is 0 Å². The van der Waals surface area contributed by atoms with Crippen LogP contribution in [0, 0.1) is 0 Å². The van der Waals surface area contributed by atoms with Gasteiger partial charge in [0.15, 0.2) is 0 Å². The maximum atomic E-state index is 13.9. The summed E-state index contributed by atoms with van der Waals surface area (Å²) in [5.74, 6) is -32.0. The molecular weight excluding hydrogens is 1850 g/mol. The Morgan fingerprint density at radius 3 is 0.491 bits per heavy atom. The van der Waals surface area contributed by atoms with E-state index in [-0.39, 0.29) is 0 Å². The summed E-state index contributed by atoms with van der Waals surface area (Å²) >= 11 is 0. The third-order valence-corrected chi connectivity index (χ3v) is 11.7. The van der Waals surface area contributed by atoms with Gasteiger partial charge in [-0.2, -0.15) is 258 Å². The van der Waals surface area contributed by atoms with E-state index in [2.05, 4.69) is 4.74 Å². The Kier molecular flexibility index (Phi) is 32.1. The third kappa shape index (κ3) is 23.4. The molecule has 0 heterocycles. The molecule has 0 saturated carbocycles. The summed E-state index contributed by atoms with van der Waals surface area (Å²) in [7, 11) is -31.4. The van der Waals surface area contributed by atoms with Gasteiger partial charge in [-0.3, -0.25) is 18.9 Å². The van der Waals surface area contributed by atoms with Crippen molar-refractivity contribution in [2.75, 3.05) is 0 Å².